The van der Waals surface area contributed by atoms with Crippen LogP contribution in [0.1, 0.15) is 0 Å². The van der Waals surface area contributed by atoms with Gasteiger partial charge in [-0.2, -0.15) is 0 Å². The van der Waals surface area contributed by atoms with Gasteiger partial charge in [0, 0.05) is 0 Å². The molecule has 0 heterocycles. The van der Waals surface area contributed by atoms with Crippen molar-refractivity contribution in [2.75, 3.05) is 11.2 Å². The van der Waals surface area contributed by atoms with Crippen molar-refractivity contribution < 1.29 is 4.79 Å². The standard InChI is InChI=1S/C21H20BrOP/c22-18-24(17-16-23,19-10-4-1-5-11-19,20-12-6-2-7-13-20)21-14-8-3-9-15-21/h1-16H,17-18H2. The molecule has 0 fully saturated rings. The summed E-state index contributed by atoms with van der Waals surface area (Å²) in [4.78, 5) is 11.9. The second kappa shape index (κ2) is 7.01. The first kappa shape index (κ1) is 17.1. The summed E-state index contributed by atoms with van der Waals surface area (Å²) >= 11 is 3.84. The molecule has 0 aliphatic carbocycles. The van der Waals surface area contributed by atoms with E-state index >= 15 is 0 Å². The van der Waals surface area contributed by atoms with Crippen LogP contribution in [0.25, 0.3) is 0 Å². The molecule has 3 rings (SSSR count). The van der Waals surface area contributed by atoms with Crippen molar-refractivity contribution in [2.24, 2.45) is 0 Å². The number of halogens is 1. The van der Waals surface area contributed by atoms with Gasteiger partial charge in [-0.25, -0.2) is 0 Å². The monoisotopic (exact) mass is 398 g/mol. The predicted molar refractivity (Wildman–Crippen MR) is 110 cm³/mol. The molecule has 3 aromatic carbocycles. The molecular weight excluding hydrogens is 379 g/mol. The number of carbonyl (C=O) groups is 1. The van der Waals surface area contributed by atoms with Crippen LogP contribution in [-0.2, 0) is 4.79 Å². The van der Waals surface area contributed by atoms with Crippen LogP contribution in [0.5, 0.6) is 0 Å². The Bertz CT molecular complexity index is 704. The molecule has 0 N–H and O–H groups in total. The number of hydrogen-bond donors (Lipinski definition) is 0. The number of alkyl halides is 1. The molecule has 3 heteroatoms. The first-order valence-electron chi connectivity index (χ1n) is 7.95. The Balaban J connectivity index is 2.49. The molecule has 0 saturated carbocycles. The number of carbonyl (C=O) groups excluding carboxylic acids is 1. The SMILES string of the molecule is O=CCP(CBr)(c1ccccc1)(c1ccccc1)c1ccccc1. The molecule has 24 heavy (non-hydrogen) atoms. The zero-order valence-electron chi connectivity index (χ0n) is 13.4. The summed E-state index contributed by atoms with van der Waals surface area (Å²) in [6, 6.07) is 31.5. The second-order valence-corrected chi connectivity index (χ2v) is 12.7. The molecular formula is C21H20BrOP. The number of benzene rings is 3. The molecule has 0 bridgehead atoms. The van der Waals surface area contributed by atoms with Gasteiger partial charge in [-0.05, 0) is 0 Å². The van der Waals surface area contributed by atoms with Crippen molar-refractivity contribution in [1.29, 1.82) is 0 Å². The first-order chi connectivity index (χ1) is 11.8. The molecule has 0 spiro atoms. The van der Waals surface area contributed by atoms with Crippen LogP contribution < -0.4 is 15.9 Å². The summed E-state index contributed by atoms with van der Waals surface area (Å²) in [5, 5.41) is 4.47. The minimum absolute atomic E-state index is 0.495. The molecule has 0 radical (unpaired) electrons. The van der Waals surface area contributed by atoms with Crippen LogP contribution in [-0.4, -0.2) is 17.5 Å². The molecule has 0 atom stereocenters. The Morgan fingerprint density at radius 1 is 0.667 bits per heavy atom. The minimum atomic E-state index is -2.91. The molecule has 1 nitrogen and oxygen atoms in total. The average molecular weight is 399 g/mol. The third-order valence-electron chi connectivity index (χ3n) is 4.88. The fourth-order valence-electron chi connectivity index (χ4n) is 3.55. The van der Waals surface area contributed by atoms with E-state index in [1.807, 2.05) is 18.2 Å². The molecule has 0 saturated heterocycles. The van der Waals surface area contributed by atoms with Gasteiger partial charge in [0.15, 0.2) is 0 Å². The summed E-state index contributed by atoms with van der Waals surface area (Å²) < 4.78 is 0. The average Bonchev–Trinajstić information content (AvgIpc) is 2.69. The van der Waals surface area contributed by atoms with Gasteiger partial charge in [-0.1, -0.05) is 0 Å². The Morgan fingerprint density at radius 2 is 1.00 bits per heavy atom. The van der Waals surface area contributed by atoms with E-state index in [0.717, 1.165) is 11.4 Å². The quantitative estimate of drug-likeness (QED) is 0.347. The predicted octanol–water partition coefficient (Wildman–Crippen LogP) is 4.07. The number of hydrogen-bond acceptors (Lipinski definition) is 1. The fourth-order valence-corrected chi connectivity index (χ4v) is 11.8. The summed E-state index contributed by atoms with van der Waals surface area (Å²) in [7, 11) is 0. The van der Waals surface area contributed by atoms with Gasteiger partial charge in [0.1, 0.15) is 0 Å². The van der Waals surface area contributed by atoms with Gasteiger partial charge in [0.25, 0.3) is 0 Å². The maximum absolute atomic E-state index is 11.9. The van der Waals surface area contributed by atoms with E-state index in [0.29, 0.717) is 6.16 Å². The van der Waals surface area contributed by atoms with Crippen molar-refractivity contribution in [1.82, 2.24) is 0 Å². The molecule has 0 unspecified atom stereocenters. The normalized spacial score (nSPS) is 13.0. The van der Waals surface area contributed by atoms with Crippen LogP contribution >= 0.6 is 22.5 Å². The molecule has 0 amide bonds. The van der Waals surface area contributed by atoms with Gasteiger partial charge in [0.05, 0.1) is 0 Å². The van der Waals surface area contributed by atoms with Gasteiger partial charge in [0.2, 0.25) is 0 Å². The van der Waals surface area contributed by atoms with E-state index in [4.69, 9.17) is 0 Å². The topological polar surface area (TPSA) is 17.1 Å². The maximum atomic E-state index is 11.9. The number of aldehydes is 1. The number of rotatable bonds is 6. The molecule has 0 aliphatic heterocycles. The van der Waals surface area contributed by atoms with E-state index in [1.54, 1.807) is 0 Å². The van der Waals surface area contributed by atoms with Crippen LogP contribution in [0.15, 0.2) is 91.0 Å². The zero-order valence-corrected chi connectivity index (χ0v) is 15.9. The third-order valence-corrected chi connectivity index (χ3v) is 14.3. The van der Waals surface area contributed by atoms with Crippen LogP contribution in [0.3, 0.4) is 0 Å². The molecule has 3 aromatic rings. The molecule has 122 valence electrons. The van der Waals surface area contributed by atoms with Crippen LogP contribution in [0, 0.1) is 0 Å². The van der Waals surface area contributed by atoms with E-state index < -0.39 is 6.60 Å². The Labute approximate surface area is 151 Å². The van der Waals surface area contributed by atoms with Gasteiger partial charge >= 0.3 is 152 Å². The fraction of sp³-hybridized carbons (Fsp3) is 0.0952. The van der Waals surface area contributed by atoms with Gasteiger partial charge in [-0.3, -0.25) is 0 Å². The Kier molecular flexibility index (Phi) is 4.99. The van der Waals surface area contributed by atoms with Crippen molar-refractivity contribution in [3.63, 3.8) is 0 Å². The Morgan fingerprint density at radius 3 is 1.25 bits per heavy atom. The van der Waals surface area contributed by atoms with E-state index in [1.165, 1.54) is 15.9 Å². The zero-order chi connectivity index (χ0) is 16.9. The first-order valence-corrected chi connectivity index (χ1v) is 11.7. The van der Waals surface area contributed by atoms with E-state index in [9.17, 15) is 4.79 Å². The van der Waals surface area contributed by atoms with Crippen LogP contribution in [0.2, 0.25) is 0 Å². The van der Waals surface area contributed by atoms with Crippen molar-refractivity contribution in [3.05, 3.63) is 91.0 Å². The van der Waals surface area contributed by atoms with E-state index in [-0.39, 0.29) is 0 Å². The van der Waals surface area contributed by atoms with Crippen molar-refractivity contribution >= 4 is 44.7 Å². The van der Waals surface area contributed by atoms with Crippen LogP contribution in [0.4, 0.5) is 0 Å². The van der Waals surface area contributed by atoms with Crippen molar-refractivity contribution in [2.45, 2.75) is 0 Å². The summed E-state index contributed by atoms with van der Waals surface area (Å²) in [5.74, 6) is 0. The molecule has 0 aliphatic rings. The third kappa shape index (κ3) is 2.46. The van der Waals surface area contributed by atoms with Crippen molar-refractivity contribution in [3.8, 4) is 0 Å². The second-order valence-electron chi connectivity index (χ2n) is 5.98. The summed E-state index contributed by atoms with van der Waals surface area (Å²) in [6.45, 7) is -2.91. The van der Waals surface area contributed by atoms with E-state index in [2.05, 4.69) is 88.7 Å². The summed E-state index contributed by atoms with van der Waals surface area (Å²) in [6.07, 6.45) is 1.58. The van der Waals surface area contributed by atoms with Gasteiger partial charge in [-0.15, -0.1) is 0 Å². The van der Waals surface area contributed by atoms with Gasteiger partial charge < -0.3 is 0 Å². The molecule has 0 aromatic heterocycles. The summed E-state index contributed by atoms with van der Waals surface area (Å²) in [5.41, 5.74) is 0. The Hall–Kier alpha value is -1.76.